The first-order chi connectivity index (χ1) is 14.1. The Morgan fingerprint density at radius 3 is 2.28 bits per heavy atom. The van der Waals surface area contributed by atoms with Gasteiger partial charge in [0.15, 0.2) is 11.4 Å². The number of benzene rings is 1. The highest BCUT2D eigenvalue weighted by Gasteiger charge is 2.19. The summed E-state index contributed by atoms with van der Waals surface area (Å²) in [6, 6.07) is 6.17. The average Bonchev–Trinajstić information content (AvgIpc) is 3.38. The fraction of sp³-hybridized carbons (Fsp3) is 0.421. The van der Waals surface area contributed by atoms with Crippen LogP contribution in [0, 0.1) is 16.0 Å². The molecule has 29 heavy (non-hydrogen) atoms. The van der Waals surface area contributed by atoms with Gasteiger partial charge in [0.2, 0.25) is 5.78 Å². The van der Waals surface area contributed by atoms with Crippen LogP contribution in [-0.4, -0.2) is 40.7 Å². The predicted octanol–water partition coefficient (Wildman–Crippen LogP) is 2.64. The summed E-state index contributed by atoms with van der Waals surface area (Å²) in [6.07, 6.45) is 9.41. The van der Waals surface area contributed by atoms with Crippen LogP contribution in [0.2, 0.25) is 0 Å². The number of hydrogen-bond donors (Lipinski definition) is 0. The molecule has 1 aliphatic rings. The van der Waals surface area contributed by atoms with Crippen molar-refractivity contribution < 1.29 is 9.72 Å². The maximum Gasteiger partial charge on any atom is 0.269 e. The van der Waals surface area contributed by atoms with E-state index in [2.05, 4.69) is 20.6 Å². The number of carbonyl (C=O) groups excluding carboxylic acids is 1. The van der Waals surface area contributed by atoms with E-state index in [1.165, 1.54) is 48.9 Å². The molecule has 1 aliphatic carbocycles. The number of hydrogen-bond acceptors (Lipinski definition) is 7. The van der Waals surface area contributed by atoms with Gasteiger partial charge in [-0.2, -0.15) is 0 Å². The third-order valence-corrected chi connectivity index (χ3v) is 5.20. The highest BCUT2D eigenvalue weighted by Crippen LogP contribution is 2.24. The molecule has 0 N–H and O–H groups in total. The first kappa shape index (κ1) is 18.9. The van der Waals surface area contributed by atoms with Crippen LogP contribution >= 0.6 is 0 Å². The molecule has 10 heteroatoms. The third-order valence-electron chi connectivity index (χ3n) is 5.20. The molecular formula is C19H21N7O3. The first-order valence-electron chi connectivity index (χ1n) is 9.67. The number of rotatable bonds is 7. The molecule has 0 spiro atoms. The monoisotopic (exact) mass is 395 g/mol. The lowest BCUT2D eigenvalue weighted by molar-refractivity contribution is -0.384. The van der Waals surface area contributed by atoms with Crippen molar-refractivity contribution in [3.63, 3.8) is 0 Å². The molecule has 1 saturated carbocycles. The quantitative estimate of drug-likeness (QED) is 0.342. The van der Waals surface area contributed by atoms with Crippen molar-refractivity contribution in [3.8, 4) is 0 Å². The molecule has 10 nitrogen and oxygen atoms in total. The van der Waals surface area contributed by atoms with E-state index in [9.17, 15) is 14.9 Å². The number of nitrogens with zero attached hydrogens (tertiary/aromatic N) is 7. The maximum absolute atomic E-state index is 12.6. The molecule has 4 rings (SSSR count). The molecule has 0 amide bonds. The molecule has 1 fully saturated rings. The number of non-ortho nitro benzene ring substituents is 1. The summed E-state index contributed by atoms with van der Waals surface area (Å²) in [5.41, 5.74) is 1.29. The van der Waals surface area contributed by atoms with Gasteiger partial charge in [-0.05, 0) is 24.3 Å². The highest BCUT2D eigenvalue weighted by atomic mass is 16.6. The summed E-state index contributed by atoms with van der Waals surface area (Å²) in [6.45, 7) is 1.14. The van der Waals surface area contributed by atoms with Gasteiger partial charge >= 0.3 is 0 Å². The molecular weight excluding hydrogens is 374 g/mol. The van der Waals surface area contributed by atoms with Gasteiger partial charge in [-0.3, -0.25) is 19.6 Å². The first-order valence-corrected chi connectivity index (χ1v) is 9.67. The lowest BCUT2D eigenvalue weighted by Gasteiger charge is -2.20. The van der Waals surface area contributed by atoms with Crippen molar-refractivity contribution in [3.05, 3.63) is 63.7 Å². The van der Waals surface area contributed by atoms with Gasteiger partial charge in [-0.1, -0.05) is 41.8 Å². The molecule has 3 aromatic rings. The zero-order valence-electron chi connectivity index (χ0n) is 15.8. The standard InChI is InChI=1S/C19H21N7O3/c27-19(17-12-24(22-20-17)10-14-4-2-1-3-5-14)18-13-25(23-21-18)11-15-6-8-16(9-7-15)26(28)29/h6-9,12-14H,1-5,10-11H2. The van der Waals surface area contributed by atoms with Gasteiger partial charge in [-0.15, -0.1) is 10.2 Å². The molecule has 0 aliphatic heterocycles. The number of nitro groups is 1. The smallest absolute Gasteiger partial charge is 0.269 e. The largest absolute Gasteiger partial charge is 0.285 e. The number of nitro benzene ring substituents is 1. The minimum atomic E-state index is -0.447. The summed E-state index contributed by atoms with van der Waals surface area (Å²) in [5.74, 6) is 0.269. The van der Waals surface area contributed by atoms with E-state index in [4.69, 9.17) is 0 Å². The van der Waals surface area contributed by atoms with Crippen LogP contribution in [0.25, 0.3) is 0 Å². The Morgan fingerprint density at radius 2 is 1.62 bits per heavy atom. The van der Waals surface area contributed by atoms with E-state index >= 15 is 0 Å². The van der Waals surface area contributed by atoms with Gasteiger partial charge in [-0.25, -0.2) is 4.68 Å². The van der Waals surface area contributed by atoms with Crippen molar-refractivity contribution in [2.45, 2.75) is 45.2 Å². The van der Waals surface area contributed by atoms with E-state index in [-0.39, 0.29) is 22.9 Å². The molecule has 0 unspecified atom stereocenters. The minimum absolute atomic E-state index is 0.0273. The van der Waals surface area contributed by atoms with Crippen LogP contribution in [0.5, 0.6) is 0 Å². The van der Waals surface area contributed by atoms with E-state index in [1.54, 1.807) is 29.2 Å². The molecule has 0 bridgehead atoms. The Bertz CT molecular complexity index is 1000. The maximum atomic E-state index is 12.6. The summed E-state index contributed by atoms with van der Waals surface area (Å²) in [7, 11) is 0. The van der Waals surface area contributed by atoms with E-state index in [0.717, 1.165) is 12.1 Å². The molecule has 150 valence electrons. The van der Waals surface area contributed by atoms with E-state index in [1.807, 2.05) is 0 Å². The van der Waals surface area contributed by atoms with Crippen molar-refractivity contribution in [2.24, 2.45) is 5.92 Å². The fourth-order valence-corrected chi connectivity index (χ4v) is 3.65. The summed E-state index contributed by atoms with van der Waals surface area (Å²) in [4.78, 5) is 22.9. The summed E-state index contributed by atoms with van der Waals surface area (Å²) < 4.78 is 3.26. The summed E-state index contributed by atoms with van der Waals surface area (Å²) >= 11 is 0. The van der Waals surface area contributed by atoms with Gasteiger partial charge in [0, 0.05) is 18.7 Å². The molecule has 1 aromatic carbocycles. The van der Waals surface area contributed by atoms with Crippen molar-refractivity contribution >= 4 is 11.5 Å². The average molecular weight is 395 g/mol. The Kier molecular flexibility index (Phi) is 5.41. The summed E-state index contributed by atoms with van der Waals surface area (Å²) in [5, 5.41) is 26.7. The van der Waals surface area contributed by atoms with Gasteiger partial charge in [0.05, 0.1) is 23.9 Å². The molecule has 0 atom stereocenters. The second-order valence-corrected chi connectivity index (χ2v) is 7.38. The van der Waals surface area contributed by atoms with Crippen LogP contribution in [0.15, 0.2) is 36.7 Å². The Labute approximate surface area is 166 Å². The van der Waals surface area contributed by atoms with Crippen LogP contribution in [0.1, 0.15) is 53.8 Å². The second-order valence-electron chi connectivity index (χ2n) is 7.38. The molecule has 2 heterocycles. The lowest BCUT2D eigenvalue weighted by atomic mass is 9.89. The highest BCUT2D eigenvalue weighted by molar-refractivity contribution is 6.05. The van der Waals surface area contributed by atoms with Crippen LogP contribution in [0.3, 0.4) is 0 Å². The third kappa shape index (κ3) is 4.53. The van der Waals surface area contributed by atoms with Crippen molar-refractivity contribution in [1.29, 1.82) is 0 Å². The van der Waals surface area contributed by atoms with Crippen molar-refractivity contribution in [2.75, 3.05) is 0 Å². The Hall–Kier alpha value is -3.43. The molecule has 0 radical (unpaired) electrons. The predicted molar refractivity (Wildman–Crippen MR) is 102 cm³/mol. The zero-order chi connectivity index (χ0) is 20.2. The van der Waals surface area contributed by atoms with Crippen molar-refractivity contribution in [1.82, 2.24) is 30.0 Å². The number of ketones is 1. The van der Waals surface area contributed by atoms with Crippen LogP contribution in [-0.2, 0) is 13.1 Å². The Balaban J connectivity index is 1.39. The SMILES string of the molecule is O=C(c1cn(Cc2ccc([N+](=O)[O-])cc2)nn1)c1cn(CC2CCCCC2)nn1. The fourth-order valence-electron chi connectivity index (χ4n) is 3.65. The van der Waals surface area contributed by atoms with Gasteiger partial charge in [0.1, 0.15) is 0 Å². The lowest BCUT2D eigenvalue weighted by Crippen LogP contribution is -2.14. The number of aromatic nitrogens is 6. The van der Waals surface area contributed by atoms with Gasteiger partial charge in [0.25, 0.3) is 5.69 Å². The van der Waals surface area contributed by atoms with E-state index < -0.39 is 4.92 Å². The number of carbonyl (C=O) groups is 1. The molecule has 0 saturated heterocycles. The topological polar surface area (TPSA) is 122 Å². The minimum Gasteiger partial charge on any atom is -0.285 e. The Morgan fingerprint density at radius 1 is 1.00 bits per heavy atom. The van der Waals surface area contributed by atoms with Crippen LogP contribution in [0.4, 0.5) is 5.69 Å². The molecule has 2 aromatic heterocycles. The van der Waals surface area contributed by atoms with E-state index in [0.29, 0.717) is 12.5 Å². The normalized spacial score (nSPS) is 14.8. The van der Waals surface area contributed by atoms with Crippen LogP contribution < -0.4 is 0 Å². The van der Waals surface area contributed by atoms with Gasteiger partial charge < -0.3 is 0 Å². The zero-order valence-corrected chi connectivity index (χ0v) is 15.8. The second kappa shape index (κ2) is 8.29.